The third kappa shape index (κ3) is 2.06. The van der Waals surface area contributed by atoms with E-state index in [9.17, 15) is 4.39 Å². The predicted molar refractivity (Wildman–Crippen MR) is 59.2 cm³/mol. The lowest BCUT2D eigenvalue weighted by molar-refractivity contribution is 0.560. The molecule has 2 aromatic rings. The molecule has 0 bridgehead atoms. The van der Waals surface area contributed by atoms with Gasteiger partial charge in [0.1, 0.15) is 11.5 Å². The molecule has 0 radical (unpaired) electrons. The zero-order valence-corrected chi connectivity index (χ0v) is 9.85. The molecule has 0 amide bonds. The lowest BCUT2D eigenvalue weighted by Crippen LogP contribution is -1.87. The topological polar surface area (TPSA) is 26.0 Å². The number of hydrogen-bond acceptors (Lipinski definition) is 2. The van der Waals surface area contributed by atoms with E-state index in [1.54, 1.807) is 12.1 Å². The molecule has 1 aromatic carbocycles. The third-order valence-corrected chi connectivity index (χ3v) is 2.69. The van der Waals surface area contributed by atoms with E-state index in [0.717, 1.165) is 4.47 Å². The van der Waals surface area contributed by atoms with Crippen LogP contribution in [0.2, 0.25) is 0 Å². The molecule has 5 heteroatoms. The number of hydrogen-bond donors (Lipinski definition) is 0. The molecule has 0 spiro atoms. The van der Waals surface area contributed by atoms with Gasteiger partial charge in [-0.2, -0.15) is 0 Å². The molecule has 0 aliphatic carbocycles. The smallest absolute Gasteiger partial charge is 0.181 e. The van der Waals surface area contributed by atoms with Gasteiger partial charge in [-0.05, 0) is 18.2 Å². The molecule has 0 atom stereocenters. The van der Waals surface area contributed by atoms with Crippen LogP contribution < -0.4 is 0 Å². The average Bonchev–Trinajstić information content (AvgIpc) is 2.69. The van der Waals surface area contributed by atoms with Crippen LogP contribution in [0.4, 0.5) is 4.39 Å². The third-order valence-electron chi connectivity index (χ3n) is 1.94. The quantitative estimate of drug-likeness (QED) is 0.782. The van der Waals surface area contributed by atoms with Gasteiger partial charge in [-0.1, -0.05) is 15.9 Å². The second-order valence-electron chi connectivity index (χ2n) is 2.89. The Hall–Kier alpha value is -0.870. The van der Waals surface area contributed by atoms with E-state index in [1.165, 1.54) is 12.5 Å². The van der Waals surface area contributed by atoms with Gasteiger partial charge in [0.15, 0.2) is 12.2 Å². The number of rotatable bonds is 2. The molecule has 0 N–H and O–H groups in total. The van der Waals surface area contributed by atoms with Crippen molar-refractivity contribution in [3.63, 3.8) is 0 Å². The first-order chi connectivity index (χ1) is 7.22. The Morgan fingerprint density at radius 3 is 3.00 bits per heavy atom. The van der Waals surface area contributed by atoms with Gasteiger partial charge in [-0.15, -0.1) is 11.6 Å². The van der Waals surface area contributed by atoms with Gasteiger partial charge in [0.05, 0.1) is 11.4 Å². The molecular formula is C10H6BrClFNO. The van der Waals surface area contributed by atoms with E-state index in [2.05, 4.69) is 20.9 Å². The number of nitrogens with zero attached hydrogens (tertiary/aromatic N) is 1. The first-order valence-corrected chi connectivity index (χ1v) is 5.49. The van der Waals surface area contributed by atoms with Crippen LogP contribution >= 0.6 is 27.5 Å². The first-order valence-electron chi connectivity index (χ1n) is 4.16. The summed E-state index contributed by atoms with van der Waals surface area (Å²) in [7, 11) is 0. The summed E-state index contributed by atoms with van der Waals surface area (Å²) in [6, 6.07) is 4.61. The number of aromatic nitrogens is 1. The summed E-state index contributed by atoms with van der Waals surface area (Å²) < 4.78 is 19.4. The van der Waals surface area contributed by atoms with Gasteiger partial charge in [-0.3, -0.25) is 0 Å². The Labute approximate surface area is 99.2 Å². The Morgan fingerprint density at radius 2 is 2.27 bits per heavy atom. The minimum atomic E-state index is -0.360. The van der Waals surface area contributed by atoms with Crippen molar-refractivity contribution in [1.82, 2.24) is 4.98 Å². The summed E-state index contributed by atoms with van der Waals surface area (Å²) in [5, 5.41) is 0. The second kappa shape index (κ2) is 4.33. The lowest BCUT2D eigenvalue weighted by atomic mass is 10.1. The molecule has 2 rings (SSSR count). The Balaban J connectivity index is 2.58. The fourth-order valence-corrected chi connectivity index (χ4v) is 1.81. The van der Waals surface area contributed by atoms with Crippen LogP contribution in [0.3, 0.4) is 0 Å². The number of benzene rings is 1. The summed E-state index contributed by atoms with van der Waals surface area (Å²) in [6.07, 6.45) is 1.26. The maximum Gasteiger partial charge on any atom is 0.181 e. The van der Waals surface area contributed by atoms with Crippen molar-refractivity contribution in [2.24, 2.45) is 0 Å². The summed E-state index contributed by atoms with van der Waals surface area (Å²) in [6.45, 7) is 0. The van der Waals surface area contributed by atoms with E-state index in [1.807, 2.05) is 0 Å². The molecule has 78 valence electrons. The molecule has 0 saturated carbocycles. The van der Waals surface area contributed by atoms with Gasteiger partial charge >= 0.3 is 0 Å². The summed E-state index contributed by atoms with van der Waals surface area (Å²) >= 11 is 8.93. The van der Waals surface area contributed by atoms with Crippen molar-refractivity contribution in [2.75, 3.05) is 0 Å². The normalized spacial score (nSPS) is 10.6. The van der Waals surface area contributed by atoms with Crippen molar-refractivity contribution >= 4 is 27.5 Å². The fraction of sp³-hybridized carbons (Fsp3) is 0.100. The SMILES string of the molecule is Fc1ccc(Br)cc1-c1ocnc1CCl. The van der Waals surface area contributed by atoms with E-state index in [4.69, 9.17) is 16.0 Å². The number of halogens is 3. The van der Waals surface area contributed by atoms with Crippen LogP contribution in [0.25, 0.3) is 11.3 Å². The Morgan fingerprint density at radius 1 is 1.47 bits per heavy atom. The number of alkyl halides is 1. The molecule has 2 nitrogen and oxygen atoms in total. The molecule has 1 aromatic heterocycles. The van der Waals surface area contributed by atoms with Crippen molar-refractivity contribution in [3.05, 3.63) is 40.6 Å². The van der Waals surface area contributed by atoms with Crippen LogP contribution in [-0.2, 0) is 5.88 Å². The first kappa shape index (κ1) is 10.6. The van der Waals surface area contributed by atoms with Crippen molar-refractivity contribution in [1.29, 1.82) is 0 Å². The Kier molecular flexibility index (Phi) is 3.07. The highest BCUT2D eigenvalue weighted by Crippen LogP contribution is 2.29. The van der Waals surface area contributed by atoms with Crippen LogP contribution in [0, 0.1) is 5.82 Å². The van der Waals surface area contributed by atoms with E-state index >= 15 is 0 Å². The minimum absolute atomic E-state index is 0.192. The lowest BCUT2D eigenvalue weighted by Gasteiger charge is -2.01. The predicted octanol–water partition coefficient (Wildman–Crippen LogP) is 3.98. The van der Waals surface area contributed by atoms with Crippen molar-refractivity contribution in [3.8, 4) is 11.3 Å². The van der Waals surface area contributed by atoms with E-state index < -0.39 is 0 Å². The highest BCUT2D eigenvalue weighted by molar-refractivity contribution is 9.10. The second-order valence-corrected chi connectivity index (χ2v) is 4.07. The summed E-state index contributed by atoms with van der Waals surface area (Å²) in [5.41, 5.74) is 0.895. The molecule has 0 unspecified atom stereocenters. The van der Waals surface area contributed by atoms with Crippen LogP contribution in [0.15, 0.2) is 33.5 Å². The van der Waals surface area contributed by atoms with Gasteiger partial charge in [0.25, 0.3) is 0 Å². The molecule has 0 saturated heterocycles. The molecule has 0 aliphatic rings. The number of oxazole rings is 1. The molecule has 1 heterocycles. The van der Waals surface area contributed by atoms with Gasteiger partial charge in [0, 0.05) is 4.47 Å². The molecule has 0 fully saturated rings. The van der Waals surface area contributed by atoms with Gasteiger partial charge in [0.2, 0.25) is 0 Å². The monoisotopic (exact) mass is 289 g/mol. The zero-order valence-electron chi connectivity index (χ0n) is 7.51. The molecule has 15 heavy (non-hydrogen) atoms. The summed E-state index contributed by atoms with van der Waals surface area (Å²) in [5.74, 6) is 0.211. The zero-order chi connectivity index (χ0) is 10.8. The van der Waals surface area contributed by atoms with E-state index in [0.29, 0.717) is 17.0 Å². The highest BCUT2D eigenvalue weighted by atomic mass is 79.9. The van der Waals surface area contributed by atoms with Crippen molar-refractivity contribution < 1.29 is 8.81 Å². The van der Waals surface area contributed by atoms with Gasteiger partial charge in [-0.25, -0.2) is 9.37 Å². The average molecular weight is 291 g/mol. The summed E-state index contributed by atoms with van der Waals surface area (Å²) in [4.78, 5) is 3.90. The maximum atomic E-state index is 13.5. The van der Waals surface area contributed by atoms with Crippen molar-refractivity contribution in [2.45, 2.75) is 5.88 Å². The van der Waals surface area contributed by atoms with Crippen LogP contribution in [0.5, 0.6) is 0 Å². The van der Waals surface area contributed by atoms with E-state index in [-0.39, 0.29) is 11.7 Å². The molecular weight excluding hydrogens is 284 g/mol. The molecule has 0 aliphatic heterocycles. The largest absolute Gasteiger partial charge is 0.443 e. The highest BCUT2D eigenvalue weighted by Gasteiger charge is 2.14. The minimum Gasteiger partial charge on any atom is -0.443 e. The maximum absolute atomic E-state index is 13.5. The van der Waals surface area contributed by atoms with Crippen LogP contribution in [0.1, 0.15) is 5.69 Å². The van der Waals surface area contributed by atoms with Crippen LogP contribution in [-0.4, -0.2) is 4.98 Å². The Bertz CT molecular complexity index is 486. The standard InChI is InChI=1S/C10H6BrClFNO/c11-6-1-2-8(13)7(3-6)10-9(4-12)14-5-15-10/h1-3,5H,4H2. The fourth-order valence-electron chi connectivity index (χ4n) is 1.25. The van der Waals surface area contributed by atoms with Gasteiger partial charge < -0.3 is 4.42 Å².